The third kappa shape index (κ3) is 5.57. The first-order chi connectivity index (χ1) is 17.5. The molecule has 0 bridgehead atoms. The SMILES string of the molecule is CCC1OC(=O)N(Cc2ccc(NC(=O)c3ncccn3)cc2)N=C1c1ccc(OCF)c(OC)c1. The Bertz CT molecular complexity index is 1250. The number of nitrogens with one attached hydrogen (secondary N) is 1. The summed E-state index contributed by atoms with van der Waals surface area (Å²) in [5.74, 6) is 0.227. The fraction of sp³-hybridized carbons (Fsp3) is 0.240. The van der Waals surface area contributed by atoms with Crippen LogP contribution in [-0.2, 0) is 11.3 Å². The molecule has 0 saturated heterocycles. The highest BCUT2D eigenvalue weighted by Crippen LogP contribution is 2.30. The molecule has 0 spiro atoms. The van der Waals surface area contributed by atoms with Gasteiger partial charge in [0, 0.05) is 23.6 Å². The number of methoxy groups -OCH3 is 1. The highest BCUT2D eigenvalue weighted by molar-refractivity contribution is 6.06. The Balaban J connectivity index is 1.52. The van der Waals surface area contributed by atoms with E-state index in [-0.39, 0.29) is 18.1 Å². The second-order valence-electron chi connectivity index (χ2n) is 7.67. The van der Waals surface area contributed by atoms with Crippen LogP contribution in [0.3, 0.4) is 0 Å². The number of hydrazone groups is 1. The second-order valence-corrected chi connectivity index (χ2v) is 7.67. The zero-order valence-electron chi connectivity index (χ0n) is 19.7. The van der Waals surface area contributed by atoms with Gasteiger partial charge in [-0.2, -0.15) is 10.1 Å². The standard InChI is InChI=1S/C25H24FN5O5/c1-3-19-22(17-7-10-20(35-15-26)21(13-17)34-2)30-31(25(33)36-19)14-16-5-8-18(9-6-16)29-24(32)23-27-11-4-12-28-23/h4-13,19H,3,14-15H2,1-2H3,(H,29,32). The third-order valence-electron chi connectivity index (χ3n) is 5.34. The lowest BCUT2D eigenvalue weighted by Crippen LogP contribution is -2.41. The summed E-state index contributed by atoms with van der Waals surface area (Å²) in [6.07, 6.45) is 2.37. The fourth-order valence-electron chi connectivity index (χ4n) is 3.57. The maximum atomic E-state index is 12.6. The van der Waals surface area contributed by atoms with Gasteiger partial charge in [-0.25, -0.2) is 19.2 Å². The second kappa shape index (κ2) is 11.3. The van der Waals surface area contributed by atoms with Crippen LogP contribution < -0.4 is 14.8 Å². The molecule has 2 amide bonds. The maximum absolute atomic E-state index is 12.6. The number of carbonyl (C=O) groups is 2. The lowest BCUT2D eigenvalue weighted by atomic mass is 10.0. The van der Waals surface area contributed by atoms with Gasteiger partial charge >= 0.3 is 6.09 Å². The monoisotopic (exact) mass is 493 g/mol. The summed E-state index contributed by atoms with van der Waals surface area (Å²) in [5.41, 5.74) is 2.51. The predicted molar refractivity (Wildman–Crippen MR) is 129 cm³/mol. The minimum atomic E-state index is -0.984. The topological polar surface area (TPSA) is 115 Å². The number of halogens is 1. The van der Waals surface area contributed by atoms with Gasteiger partial charge in [-0.15, -0.1) is 0 Å². The van der Waals surface area contributed by atoms with E-state index in [0.29, 0.717) is 29.1 Å². The Morgan fingerprint density at radius 3 is 2.56 bits per heavy atom. The van der Waals surface area contributed by atoms with Crippen molar-refractivity contribution in [3.05, 3.63) is 77.9 Å². The molecule has 0 radical (unpaired) electrons. The number of carbonyl (C=O) groups excluding carboxylic acids is 2. The summed E-state index contributed by atoms with van der Waals surface area (Å²) in [6, 6.07) is 13.5. The van der Waals surface area contributed by atoms with Gasteiger partial charge in [0.25, 0.3) is 5.91 Å². The minimum absolute atomic E-state index is 0.0610. The van der Waals surface area contributed by atoms with Crippen LogP contribution in [0.4, 0.5) is 14.9 Å². The van der Waals surface area contributed by atoms with E-state index in [1.54, 1.807) is 48.5 Å². The van der Waals surface area contributed by atoms with Gasteiger partial charge in [-0.1, -0.05) is 19.1 Å². The number of rotatable bonds is 9. The molecule has 1 aliphatic rings. The van der Waals surface area contributed by atoms with Crippen LogP contribution in [0, 0.1) is 0 Å². The van der Waals surface area contributed by atoms with Gasteiger partial charge in [0.2, 0.25) is 12.7 Å². The van der Waals surface area contributed by atoms with E-state index in [9.17, 15) is 14.0 Å². The molecule has 4 rings (SSSR count). The Hall–Kier alpha value is -4.54. The summed E-state index contributed by atoms with van der Waals surface area (Å²) < 4.78 is 28.5. The van der Waals surface area contributed by atoms with Gasteiger partial charge in [0.1, 0.15) is 11.8 Å². The first kappa shape index (κ1) is 24.6. The van der Waals surface area contributed by atoms with Crippen LogP contribution in [0.2, 0.25) is 0 Å². The van der Waals surface area contributed by atoms with Crippen molar-refractivity contribution in [2.45, 2.75) is 26.0 Å². The largest absolute Gasteiger partial charge is 0.493 e. The fourth-order valence-corrected chi connectivity index (χ4v) is 3.57. The average molecular weight is 493 g/mol. The van der Waals surface area contributed by atoms with E-state index >= 15 is 0 Å². The van der Waals surface area contributed by atoms with E-state index in [1.807, 2.05) is 6.92 Å². The van der Waals surface area contributed by atoms with Crippen LogP contribution in [-0.4, -0.2) is 52.8 Å². The summed E-state index contributed by atoms with van der Waals surface area (Å²) >= 11 is 0. The summed E-state index contributed by atoms with van der Waals surface area (Å²) in [5, 5.41) is 8.51. The van der Waals surface area contributed by atoms with Crippen molar-refractivity contribution in [2.24, 2.45) is 5.10 Å². The van der Waals surface area contributed by atoms with Crippen molar-refractivity contribution in [1.29, 1.82) is 0 Å². The number of nitrogens with zero attached hydrogens (tertiary/aromatic N) is 4. The van der Waals surface area contributed by atoms with Crippen molar-refractivity contribution in [3.8, 4) is 11.5 Å². The smallest absolute Gasteiger partial charge is 0.431 e. The number of anilines is 1. The number of hydrogen-bond acceptors (Lipinski definition) is 8. The summed E-state index contributed by atoms with van der Waals surface area (Å²) in [7, 11) is 1.45. The molecule has 2 heterocycles. The van der Waals surface area contributed by atoms with Gasteiger partial charge < -0.3 is 19.5 Å². The average Bonchev–Trinajstić information content (AvgIpc) is 2.91. The number of benzene rings is 2. The van der Waals surface area contributed by atoms with Gasteiger partial charge in [-0.05, 0) is 48.4 Å². The van der Waals surface area contributed by atoms with Gasteiger partial charge in [0.15, 0.2) is 11.5 Å². The molecule has 10 nitrogen and oxygen atoms in total. The van der Waals surface area contributed by atoms with Crippen LogP contribution in [0.5, 0.6) is 11.5 Å². The summed E-state index contributed by atoms with van der Waals surface area (Å²) in [4.78, 5) is 32.7. The molecule has 1 N–H and O–H groups in total. The van der Waals surface area contributed by atoms with Gasteiger partial charge in [-0.3, -0.25) is 4.79 Å². The molecule has 0 saturated carbocycles. The Labute approximate surface area is 206 Å². The first-order valence-corrected chi connectivity index (χ1v) is 11.1. The van der Waals surface area contributed by atoms with Crippen molar-refractivity contribution in [3.63, 3.8) is 0 Å². The predicted octanol–water partition coefficient (Wildman–Crippen LogP) is 4.18. The van der Waals surface area contributed by atoms with E-state index in [4.69, 9.17) is 14.2 Å². The molecule has 1 aromatic heterocycles. The normalized spacial score (nSPS) is 15.1. The molecule has 11 heteroatoms. The number of hydrogen-bond donors (Lipinski definition) is 1. The number of alkyl halides is 1. The van der Waals surface area contributed by atoms with Crippen LogP contribution in [0.25, 0.3) is 0 Å². The highest BCUT2D eigenvalue weighted by Gasteiger charge is 2.31. The lowest BCUT2D eigenvalue weighted by molar-refractivity contribution is 0.0712. The first-order valence-electron chi connectivity index (χ1n) is 11.1. The zero-order chi connectivity index (χ0) is 25.5. The molecule has 36 heavy (non-hydrogen) atoms. The van der Waals surface area contributed by atoms with Crippen molar-refractivity contribution in [1.82, 2.24) is 15.0 Å². The molecule has 2 aromatic carbocycles. The van der Waals surface area contributed by atoms with E-state index in [1.165, 1.54) is 24.5 Å². The van der Waals surface area contributed by atoms with E-state index in [2.05, 4.69) is 20.4 Å². The molecule has 3 aromatic rings. The van der Waals surface area contributed by atoms with Crippen LogP contribution in [0.15, 0.2) is 66.0 Å². The number of amides is 2. The van der Waals surface area contributed by atoms with Crippen molar-refractivity contribution >= 4 is 23.4 Å². The number of cyclic esters (lactones) is 1. The molecular formula is C25H24FN5O5. The molecular weight excluding hydrogens is 469 g/mol. The third-order valence-corrected chi connectivity index (χ3v) is 5.34. The summed E-state index contributed by atoms with van der Waals surface area (Å²) in [6.45, 7) is 1.05. The molecule has 1 unspecified atom stereocenters. The van der Waals surface area contributed by atoms with Crippen molar-refractivity contribution < 1.29 is 28.2 Å². The Morgan fingerprint density at radius 1 is 1.14 bits per heavy atom. The maximum Gasteiger partial charge on any atom is 0.431 e. The number of ether oxygens (including phenoxy) is 3. The molecule has 186 valence electrons. The van der Waals surface area contributed by atoms with Crippen LogP contribution in [0.1, 0.15) is 35.1 Å². The van der Waals surface area contributed by atoms with E-state index < -0.39 is 25.0 Å². The molecule has 1 atom stereocenters. The minimum Gasteiger partial charge on any atom is -0.493 e. The highest BCUT2D eigenvalue weighted by atomic mass is 19.1. The molecule has 1 aliphatic heterocycles. The molecule has 0 fully saturated rings. The zero-order valence-corrected chi connectivity index (χ0v) is 19.7. The van der Waals surface area contributed by atoms with Crippen molar-refractivity contribution in [2.75, 3.05) is 19.3 Å². The van der Waals surface area contributed by atoms with Gasteiger partial charge in [0.05, 0.1) is 13.7 Å². The Morgan fingerprint density at radius 2 is 1.89 bits per heavy atom. The quantitative estimate of drug-likeness (QED) is 0.476. The number of aromatic nitrogens is 2. The lowest BCUT2D eigenvalue weighted by Gasteiger charge is -2.29. The Kier molecular flexibility index (Phi) is 7.69. The molecule has 0 aliphatic carbocycles. The van der Waals surface area contributed by atoms with E-state index in [0.717, 1.165) is 5.56 Å². The van der Waals surface area contributed by atoms with Crippen LogP contribution >= 0.6 is 0 Å².